The predicted molar refractivity (Wildman–Crippen MR) is 105 cm³/mol. The Bertz CT molecular complexity index is 837. The zero-order valence-electron chi connectivity index (χ0n) is 15.4. The van der Waals surface area contributed by atoms with Crippen LogP contribution in [0.4, 0.5) is 5.82 Å². The van der Waals surface area contributed by atoms with Gasteiger partial charge in [0, 0.05) is 12.6 Å². The number of anilines is 1. The largest absolute Gasteiger partial charge is 0.466 e. The molecule has 1 aliphatic heterocycles. The molecule has 0 aliphatic carbocycles. The van der Waals surface area contributed by atoms with Crippen molar-refractivity contribution in [1.82, 2.24) is 9.55 Å². The molecule has 0 unspecified atom stereocenters. The summed E-state index contributed by atoms with van der Waals surface area (Å²) >= 11 is 3.16. The minimum atomic E-state index is -4.64. The van der Waals surface area contributed by atoms with Crippen LogP contribution in [-0.4, -0.2) is 82.6 Å². The van der Waals surface area contributed by atoms with Gasteiger partial charge in [0.05, 0.1) is 17.2 Å². The van der Waals surface area contributed by atoms with Crippen LogP contribution < -0.4 is 11.4 Å². The van der Waals surface area contributed by atoms with E-state index in [2.05, 4.69) is 20.9 Å². The summed E-state index contributed by atoms with van der Waals surface area (Å²) in [5, 5.41) is 18.5. The first-order chi connectivity index (χ1) is 14.0. The number of hydrogen-bond donors (Lipinski definition) is 12. The van der Waals surface area contributed by atoms with Gasteiger partial charge >= 0.3 is 29.2 Å². The van der Waals surface area contributed by atoms with E-state index >= 15 is 0 Å². The van der Waals surface area contributed by atoms with Gasteiger partial charge in [-0.15, -0.1) is 0 Å². The van der Waals surface area contributed by atoms with Gasteiger partial charge in [0.25, 0.3) is 0 Å². The highest BCUT2D eigenvalue weighted by molar-refractivity contribution is 9.10. The van der Waals surface area contributed by atoms with Crippen molar-refractivity contribution in [2.75, 3.05) is 12.3 Å². The number of nitrogen functional groups attached to an aromatic ring is 1. The molecule has 0 amide bonds. The Balaban J connectivity index is 0. The summed E-state index contributed by atoms with van der Waals surface area (Å²) in [5.74, 6) is 0.100. The molecule has 0 bridgehead atoms. The lowest BCUT2D eigenvalue weighted by atomic mass is 10.2. The third-order valence-corrected chi connectivity index (χ3v) is 3.24. The van der Waals surface area contributed by atoms with E-state index < -0.39 is 47.6 Å². The third kappa shape index (κ3) is 21.2. The highest BCUT2D eigenvalue weighted by Crippen LogP contribution is 2.29. The van der Waals surface area contributed by atoms with Crippen LogP contribution in [0, 0.1) is 0 Å². The first-order valence-corrected chi connectivity index (χ1v) is 12.8. The second kappa shape index (κ2) is 13.9. The molecule has 1 aromatic rings. The van der Waals surface area contributed by atoms with E-state index in [0.717, 1.165) is 0 Å². The number of hydrogen-bond acceptors (Lipinski definition) is 9. The molecule has 23 heteroatoms. The molecule has 19 nitrogen and oxygen atoms in total. The molecule has 0 spiro atoms. The van der Waals surface area contributed by atoms with Crippen LogP contribution in [0.2, 0.25) is 0 Å². The van der Waals surface area contributed by atoms with Crippen molar-refractivity contribution < 1.29 is 72.7 Å². The molecule has 2 heterocycles. The molecule has 3 atom stereocenters. The first-order valence-electron chi connectivity index (χ1n) is 7.36. The molecule has 0 saturated carbocycles. The highest BCUT2D eigenvalue weighted by Gasteiger charge is 2.35. The Morgan fingerprint density at radius 2 is 1.41 bits per heavy atom. The number of phosphoric acid groups is 3. The second-order valence-electron chi connectivity index (χ2n) is 5.32. The van der Waals surface area contributed by atoms with E-state index in [0.29, 0.717) is 4.47 Å². The predicted octanol–water partition coefficient (Wildman–Crippen LogP) is -3.56. The standard InChI is InChI=1S/C9H12BrN3O4.3H3O4P/c10-4-2-13(9(16)12-8(4)11)7-1-5(15)6(3-14)17-7;3*1-5(2,3)4/h2,5-7,14-15H,1,3H2,(H2,11,12,16);3*(H3,1,2,3,4)/t5-,6+,7+;;;/m0.../s1. The number of nitrogens with two attached hydrogens (primary N) is 1. The first kappa shape index (κ1) is 33.5. The van der Waals surface area contributed by atoms with Crippen molar-refractivity contribution in [2.24, 2.45) is 0 Å². The summed E-state index contributed by atoms with van der Waals surface area (Å²) < 4.78 is 33.7. The van der Waals surface area contributed by atoms with Gasteiger partial charge in [0.2, 0.25) is 0 Å². The van der Waals surface area contributed by atoms with Crippen LogP contribution >= 0.6 is 39.4 Å². The van der Waals surface area contributed by atoms with Crippen LogP contribution in [-0.2, 0) is 18.4 Å². The molecular formula is C9H21BrN3O16P3. The van der Waals surface area contributed by atoms with Gasteiger partial charge in [-0.05, 0) is 15.9 Å². The van der Waals surface area contributed by atoms with Gasteiger partial charge in [-0.2, -0.15) is 4.98 Å². The number of ether oxygens (including phenoxy) is 1. The van der Waals surface area contributed by atoms with Crippen LogP contribution in [0.5, 0.6) is 0 Å². The number of aliphatic hydroxyl groups is 2. The second-order valence-corrected chi connectivity index (χ2v) is 9.25. The average molecular weight is 600 g/mol. The topological polar surface area (TPSA) is 344 Å². The third-order valence-electron chi connectivity index (χ3n) is 2.63. The fraction of sp³-hybridized carbons (Fsp3) is 0.556. The van der Waals surface area contributed by atoms with Gasteiger partial charge in [-0.1, -0.05) is 0 Å². The minimum Gasteiger partial charge on any atom is -0.394 e. The molecule has 1 aromatic heterocycles. The maximum absolute atomic E-state index is 11.6. The summed E-state index contributed by atoms with van der Waals surface area (Å²) in [5.41, 5.74) is 4.91. The summed E-state index contributed by atoms with van der Waals surface area (Å²) in [6, 6.07) is 0. The van der Waals surface area contributed by atoms with E-state index in [-0.39, 0.29) is 18.8 Å². The minimum absolute atomic E-state index is 0.100. The molecule has 2 rings (SSSR count). The van der Waals surface area contributed by atoms with Crippen molar-refractivity contribution in [3.63, 3.8) is 0 Å². The summed E-state index contributed by atoms with van der Waals surface area (Å²) in [6.07, 6.45) is -0.430. The number of halogens is 1. The Morgan fingerprint density at radius 1 is 1.03 bits per heavy atom. The molecule has 0 aromatic carbocycles. The highest BCUT2D eigenvalue weighted by atomic mass is 79.9. The number of aliphatic hydroxyl groups excluding tert-OH is 2. The Kier molecular flexibility index (Phi) is 14.6. The van der Waals surface area contributed by atoms with E-state index in [1.165, 1.54) is 10.8 Å². The summed E-state index contributed by atoms with van der Waals surface area (Å²) in [6.45, 7) is -0.296. The molecular weight excluding hydrogens is 579 g/mol. The summed E-state index contributed by atoms with van der Waals surface area (Å²) in [4.78, 5) is 79.9. The number of nitrogens with zero attached hydrogens (tertiary/aromatic N) is 2. The normalized spacial score (nSPS) is 20.7. The van der Waals surface area contributed by atoms with Crippen LogP contribution in [0.15, 0.2) is 15.5 Å². The molecule has 1 aliphatic rings. The smallest absolute Gasteiger partial charge is 0.394 e. The SMILES string of the molecule is Nc1nc(=O)n([C@H]2C[C@H](O)[C@@H](CO)O2)cc1Br.O=P(O)(O)O.O=P(O)(O)O.O=P(O)(O)O. The van der Waals surface area contributed by atoms with Crippen molar-refractivity contribution in [3.05, 3.63) is 21.2 Å². The van der Waals surface area contributed by atoms with Gasteiger partial charge in [0.15, 0.2) is 0 Å². The van der Waals surface area contributed by atoms with Gasteiger partial charge in [-0.3, -0.25) is 4.57 Å². The van der Waals surface area contributed by atoms with E-state index in [9.17, 15) is 9.90 Å². The molecule has 0 radical (unpaired) electrons. The zero-order chi connectivity index (χ0) is 26.1. The zero-order valence-corrected chi connectivity index (χ0v) is 19.6. The van der Waals surface area contributed by atoms with Crippen molar-refractivity contribution in [1.29, 1.82) is 0 Å². The van der Waals surface area contributed by atoms with E-state index in [1.54, 1.807) is 0 Å². The van der Waals surface area contributed by atoms with Crippen molar-refractivity contribution in [3.8, 4) is 0 Å². The molecule has 1 saturated heterocycles. The number of rotatable bonds is 2. The van der Waals surface area contributed by atoms with Crippen molar-refractivity contribution in [2.45, 2.75) is 24.9 Å². The lowest BCUT2D eigenvalue weighted by molar-refractivity contribution is -0.0459. The van der Waals surface area contributed by atoms with Crippen LogP contribution in [0.1, 0.15) is 12.6 Å². The van der Waals surface area contributed by atoms with Crippen LogP contribution in [0.3, 0.4) is 0 Å². The molecule has 1 fully saturated rings. The quantitative estimate of drug-likeness (QED) is 0.146. The Hall–Kier alpha value is -0.630. The van der Waals surface area contributed by atoms with Gasteiger partial charge < -0.3 is 64.7 Å². The summed E-state index contributed by atoms with van der Waals surface area (Å²) in [7, 11) is -13.9. The Morgan fingerprint density at radius 3 is 1.72 bits per heavy atom. The lowest BCUT2D eigenvalue weighted by Gasteiger charge is -2.14. The molecule has 190 valence electrons. The van der Waals surface area contributed by atoms with Crippen molar-refractivity contribution >= 4 is 45.2 Å². The van der Waals surface area contributed by atoms with Gasteiger partial charge in [-0.25, -0.2) is 18.5 Å². The average Bonchev–Trinajstić information content (AvgIpc) is 2.86. The monoisotopic (exact) mass is 599 g/mol. The number of aromatic nitrogens is 2. The fourth-order valence-electron chi connectivity index (χ4n) is 1.71. The maximum atomic E-state index is 11.6. The van der Waals surface area contributed by atoms with Gasteiger partial charge in [0.1, 0.15) is 18.1 Å². The fourth-order valence-corrected chi connectivity index (χ4v) is 2.02. The van der Waals surface area contributed by atoms with E-state index in [4.69, 9.17) is 73.3 Å². The van der Waals surface area contributed by atoms with E-state index in [1.807, 2.05) is 0 Å². The molecule has 32 heavy (non-hydrogen) atoms. The maximum Gasteiger partial charge on any atom is 0.466 e. The lowest BCUT2D eigenvalue weighted by Crippen LogP contribution is -2.28. The van der Waals surface area contributed by atoms with Crippen LogP contribution in [0.25, 0.3) is 0 Å². The molecule has 13 N–H and O–H groups in total. The Labute approximate surface area is 186 Å².